The zero-order valence-electron chi connectivity index (χ0n) is 16.7. The van der Waals surface area contributed by atoms with E-state index in [1.165, 1.54) is 22.0 Å². The van der Waals surface area contributed by atoms with Crippen LogP contribution in [-0.2, 0) is 24.2 Å². The molecule has 0 bridgehead atoms. The van der Waals surface area contributed by atoms with E-state index in [4.69, 9.17) is 11.6 Å². The Bertz CT molecular complexity index is 1230. The Kier molecular flexibility index (Phi) is 5.06. The maximum absolute atomic E-state index is 13.0. The number of amides is 1. The summed E-state index contributed by atoms with van der Waals surface area (Å²) in [6, 6.07) is 24.6. The fraction of sp³-hybridized carbons (Fsp3) is 0.192. The molecule has 3 nitrogen and oxygen atoms in total. The molecular weight excluding hydrogens is 392 g/mol. The fourth-order valence-electron chi connectivity index (χ4n) is 4.44. The van der Waals surface area contributed by atoms with E-state index in [1.807, 2.05) is 35.2 Å². The molecule has 0 saturated heterocycles. The summed E-state index contributed by atoms with van der Waals surface area (Å²) in [7, 11) is 0. The highest BCUT2D eigenvalue weighted by Crippen LogP contribution is 2.29. The first-order chi connectivity index (χ1) is 14.7. The molecule has 2 heterocycles. The van der Waals surface area contributed by atoms with Gasteiger partial charge in [0.25, 0.3) is 0 Å². The van der Waals surface area contributed by atoms with Crippen molar-refractivity contribution in [2.45, 2.75) is 25.8 Å². The maximum atomic E-state index is 13.0. The van der Waals surface area contributed by atoms with Crippen molar-refractivity contribution in [3.05, 3.63) is 101 Å². The molecule has 0 spiro atoms. The first-order valence-electron chi connectivity index (χ1n) is 10.4. The molecule has 0 fully saturated rings. The van der Waals surface area contributed by atoms with Gasteiger partial charge in [-0.3, -0.25) is 4.79 Å². The van der Waals surface area contributed by atoms with E-state index in [0.717, 1.165) is 35.7 Å². The summed E-state index contributed by atoms with van der Waals surface area (Å²) in [6.45, 7) is 1.50. The summed E-state index contributed by atoms with van der Waals surface area (Å²) in [5.41, 5.74) is 5.81. The van der Waals surface area contributed by atoms with Crippen molar-refractivity contribution >= 4 is 34.1 Å². The minimum Gasteiger partial charge on any atom is -0.343 e. The number of nitrogens with zero attached hydrogens (tertiary/aromatic N) is 2. The molecule has 5 rings (SSSR count). The predicted molar refractivity (Wildman–Crippen MR) is 123 cm³/mol. The average molecular weight is 415 g/mol. The molecule has 0 atom stereocenters. The monoisotopic (exact) mass is 414 g/mol. The lowest BCUT2D eigenvalue weighted by atomic mass is 10.1. The Balaban J connectivity index is 1.38. The van der Waals surface area contributed by atoms with Gasteiger partial charge in [-0.25, -0.2) is 0 Å². The number of carbonyl (C=O) groups excluding carboxylic acids is 1. The van der Waals surface area contributed by atoms with E-state index in [1.54, 1.807) is 0 Å². The first kappa shape index (κ1) is 19.0. The SMILES string of the molecule is O=C(CCc1cn(Cc2ccccc2Cl)c2ccccc12)N1CCc2ccccc21. The third-order valence-electron chi connectivity index (χ3n) is 5.97. The summed E-state index contributed by atoms with van der Waals surface area (Å²) in [6.07, 6.45) is 4.36. The molecule has 1 aliphatic heterocycles. The number of carbonyl (C=O) groups is 1. The number of halogens is 1. The van der Waals surface area contributed by atoms with Crippen LogP contribution in [0.3, 0.4) is 0 Å². The molecule has 4 heteroatoms. The fourth-order valence-corrected chi connectivity index (χ4v) is 4.63. The van der Waals surface area contributed by atoms with Gasteiger partial charge in [0.2, 0.25) is 5.91 Å². The van der Waals surface area contributed by atoms with Crippen LogP contribution in [0.25, 0.3) is 10.9 Å². The second-order valence-electron chi connectivity index (χ2n) is 7.81. The van der Waals surface area contributed by atoms with E-state index in [9.17, 15) is 4.79 Å². The van der Waals surface area contributed by atoms with Crippen molar-refractivity contribution in [3.63, 3.8) is 0 Å². The van der Waals surface area contributed by atoms with Crippen LogP contribution in [0.5, 0.6) is 0 Å². The Morgan fingerprint density at radius 3 is 2.57 bits per heavy atom. The predicted octanol–water partition coefficient (Wildman–Crippen LogP) is 5.86. The quantitative estimate of drug-likeness (QED) is 0.401. The van der Waals surface area contributed by atoms with Crippen molar-refractivity contribution in [2.75, 3.05) is 11.4 Å². The standard InChI is InChI=1S/C26H23ClN2O/c27-23-10-4-1-8-21(23)18-28-17-20(22-9-3-6-12-25(22)28)13-14-26(30)29-16-15-19-7-2-5-11-24(19)29/h1-12,17H,13-16,18H2. The van der Waals surface area contributed by atoms with Gasteiger partial charge in [-0.15, -0.1) is 0 Å². The van der Waals surface area contributed by atoms with Crippen molar-refractivity contribution < 1.29 is 4.79 Å². The summed E-state index contributed by atoms with van der Waals surface area (Å²) < 4.78 is 2.24. The lowest BCUT2D eigenvalue weighted by molar-refractivity contribution is -0.118. The smallest absolute Gasteiger partial charge is 0.227 e. The third-order valence-corrected chi connectivity index (χ3v) is 6.33. The van der Waals surface area contributed by atoms with Gasteiger partial charge in [-0.05, 0) is 47.7 Å². The average Bonchev–Trinajstić information content (AvgIpc) is 3.36. The van der Waals surface area contributed by atoms with Gasteiger partial charge in [0.05, 0.1) is 0 Å². The molecule has 3 aromatic carbocycles. The highest BCUT2D eigenvalue weighted by molar-refractivity contribution is 6.31. The zero-order valence-corrected chi connectivity index (χ0v) is 17.5. The van der Waals surface area contributed by atoms with Crippen LogP contribution in [0.15, 0.2) is 79.0 Å². The molecule has 0 unspecified atom stereocenters. The Labute approximate surface area is 181 Å². The number of benzene rings is 3. The van der Waals surface area contributed by atoms with Crippen molar-refractivity contribution in [2.24, 2.45) is 0 Å². The highest BCUT2D eigenvalue weighted by Gasteiger charge is 2.24. The summed E-state index contributed by atoms with van der Waals surface area (Å²) in [4.78, 5) is 14.9. The maximum Gasteiger partial charge on any atom is 0.227 e. The van der Waals surface area contributed by atoms with Crippen molar-refractivity contribution in [1.29, 1.82) is 0 Å². The number of aromatic nitrogens is 1. The van der Waals surface area contributed by atoms with Crippen LogP contribution in [0.1, 0.15) is 23.1 Å². The van der Waals surface area contributed by atoms with Gasteiger partial charge >= 0.3 is 0 Å². The molecule has 1 amide bonds. The van der Waals surface area contributed by atoms with Crippen LogP contribution >= 0.6 is 11.6 Å². The van der Waals surface area contributed by atoms with E-state index in [0.29, 0.717) is 13.0 Å². The van der Waals surface area contributed by atoms with E-state index < -0.39 is 0 Å². The molecule has 30 heavy (non-hydrogen) atoms. The largest absolute Gasteiger partial charge is 0.343 e. The second-order valence-corrected chi connectivity index (χ2v) is 8.22. The highest BCUT2D eigenvalue weighted by atomic mass is 35.5. The first-order valence-corrected chi connectivity index (χ1v) is 10.8. The van der Waals surface area contributed by atoms with Crippen LogP contribution in [0.2, 0.25) is 5.02 Å². The van der Waals surface area contributed by atoms with Crippen molar-refractivity contribution in [3.8, 4) is 0 Å². The number of hydrogen-bond donors (Lipinski definition) is 0. The Morgan fingerprint density at radius 2 is 1.67 bits per heavy atom. The molecule has 0 aliphatic carbocycles. The molecular formula is C26H23ClN2O. The number of hydrogen-bond acceptors (Lipinski definition) is 1. The lowest BCUT2D eigenvalue weighted by Gasteiger charge is -2.17. The lowest BCUT2D eigenvalue weighted by Crippen LogP contribution is -2.29. The minimum absolute atomic E-state index is 0.197. The van der Waals surface area contributed by atoms with Crippen LogP contribution in [0, 0.1) is 0 Å². The van der Waals surface area contributed by atoms with Gasteiger partial charge in [0.15, 0.2) is 0 Å². The minimum atomic E-state index is 0.197. The molecule has 1 aromatic heterocycles. The van der Waals surface area contributed by atoms with E-state index in [-0.39, 0.29) is 5.91 Å². The number of fused-ring (bicyclic) bond motifs is 2. The number of anilines is 1. The second kappa shape index (κ2) is 8.00. The topological polar surface area (TPSA) is 25.2 Å². The van der Waals surface area contributed by atoms with Gasteiger partial charge in [0.1, 0.15) is 0 Å². The molecule has 4 aromatic rings. The Morgan fingerprint density at radius 1 is 0.900 bits per heavy atom. The van der Waals surface area contributed by atoms with Gasteiger partial charge in [0, 0.05) is 47.3 Å². The Hall–Kier alpha value is -3.04. The van der Waals surface area contributed by atoms with Gasteiger partial charge < -0.3 is 9.47 Å². The normalized spacial score (nSPS) is 13.0. The van der Waals surface area contributed by atoms with Crippen LogP contribution in [0.4, 0.5) is 5.69 Å². The third kappa shape index (κ3) is 3.50. The summed E-state index contributed by atoms with van der Waals surface area (Å²) in [5, 5.41) is 1.99. The van der Waals surface area contributed by atoms with Gasteiger partial charge in [-0.2, -0.15) is 0 Å². The van der Waals surface area contributed by atoms with E-state index in [2.05, 4.69) is 53.2 Å². The number of aryl methyl sites for hydroxylation is 1. The van der Waals surface area contributed by atoms with Crippen molar-refractivity contribution in [1.82, 2.24) is 4.57 Å². The molecule has 0 radical (unpaired) electrons. The summed E-state index contributed by atoms with van der Waals surface area (Å²) in [5.74, 6) is 0.197. The van der Waals surface area contributed by atoms with Crippen LogP contribution in [-0.4, -0.2) is 17.0 Å². The molecule has 150 valence electrons. The number of rotatable bonds is 5. The van der Waals surface area contributed by atoms with Gasteiger partial charge in [-0.1, -0.05) is 66.2 Å². The number of para-hydroxylation sites is 2. The summed E-state index contributed by atoms with van der Waals surface area (Å²) >= 11 is 6.39. The molecule has 1 aliphatic rings. The molecule has 0 saturated carbocycles. The van der Waals surface area contributed by atoms with Crippen LogP contribution < -0.4 is 4.90 Å². The zero-order chi connectivity index (χ0) is 20.5. The molecule has 0 N–H and O–H groups in total. The van der Waals surface area contributed by atoms with E-state index >= 15 is 0 Å².